The van der Waals surface area contributed by atoms with Crippen molar-refractivity contribution in [3.63, 3.8) is 0 Å². The molecule has 1 aromatic rings. The van der Waals surface area contributed by atoms with Crippen LogP contribution in [-0.4, -0.2) is 15.2 Å². The molecule has 0 atom stereocenters. The molecule has 3 nitrogen and oxygen atoms in total. The van der Waals surface area contributed by atoms with E-state index in [-0.39, 0.29) is 0 Å². The van der Waals surface area contributed by atoms with E-state index in [0.717, 1.165) is 0 Å². The van der Waals surface area contributed by atoms with Gasteiger partial charge in [-0.25, -0.2) is 0 Å². The molecule has 0 aliphatic heterocycles. The second kappa shape index (κ2) is 2.52. The van der Waals surface area contributed by atoms with Gasteiger partial charge in [0.15, 0.2) is 0 Å². The minimum absolute atomic E-state index is 0.707. The van der Waals surface area contributed by atoms with Crippen LogP contribution in [0.5, 0.6) is 0 Å². The van der Waals surface area contributed by atoms with E-state index in [1.54, 1.807) is 0 Å². The van der Waals surface area contributed by atoms with Crippen LogP contribution in [0.2, 0.25) is 0 Å². The van der Waals surface area contributed by atoms with Crippen LogP contribution < -0.4 is 0 Å². The zero-order chi connectivity index (χ0) is 5.11. The predicted molar refractivity (Wildman–Crippen MR) is 22.2 cm³/mol. The van der Waals surface area contributed by atoms with E-state index >= 15 is 0 Å². The molecule has 1 aromatic heterocycles. The third-order valence-corrected chi connectivity index (χ3v) is 1.57. The molecule has 5 heteroatoms. The second-order valence-electron chi connectivity index (χ2n) is 0.843. The zero-order valence-electron chi connectivity index (χ0n) is 3.18. The van der Waals surface area contributed by atoms with Crippen molar-refractivity contribution in [1.29, 1.82) is 0 Å². The van der Waals surface area contributed by atoms with Crippen molar-refractivity contribution in [3.05, 3.63) is 6.33 Å². The molecule has 0 aliphatic carbocycles. The molecule has 0 saturated carbocycles. The molecule has 42 valence electrons. The molecule has 1 rings (SSSR count). The van der Waals surface area contributed by atoms with Crippen molar-refractivity contribution in [3.8, 4) is 0 Å². The maximum absolute atomic E-state index is 3.78. The predicted octanol–water partition coefficient (Wildman–Crippen LogP) is 0.359. The third kappa shape index (κ3) is 1.31. The first-order valence-corrected chi connectivity index (χ1v) is 4.01. The van der Waals surface area contributed by atoms with Crippen molar-refractivity contribution in [1.82, 2.24) is 15.2 Å². The molecule has 0 spiro atoms. The molecule has 0 radical (unpaired) electrons. The summed E-state index contributed by atoms with van der Waals surface area (Å²) in [5, 5.41) is 6.99. The summed E-state index contributed by atoms with van der Waals surface area (Å²) < 4.78 is 0. The SMILES string of the molecule is [Ag][S]c1nc[nH]n1. The van der Waals surface area contributed by atoms with Gasteiger partial charge in [0, 0.05) is 0 Å². The second-order valence-corrected chi connectivity index (χ2v) is 2.24. The van der Waals surface area contributed by atoms with Crippen molar-refractivity contribution in [2.45, 2.75) is 5.16 Å². The van der Waals surface area contributed by atoms with Crippen molar-refractivity contribution in [2.75, 3.05) is 0 Å². The molecule has 0 unspecified atom stereocenters. The van der Waals surface area contributed by atoms with Gasteiger partial charge in [0.1, 0.15) is 0 Å². The molecule has 1 heterocycles. The van der Waals surface area contributed by atoms with Crippen molar-refractivity contribution >= 4 is 9.23 Å². The maximum atomic E-state index is 3.78. The van der Waals surface area contributed by atoms with Gasteiger partial charge in [0.25, 0.3) is 0 Å². The van der Waals surface area contributed by atoms with Crippen LogP contribution in [0.3, 0.4) is 0 Å². The molecule has 1 N–H and O–H groups in total. The Balaban J connectivity index is 2.76. The number of aromatic amines is 1. The van der Waals surface area contributed by atoms with Crippen molar-refractivity contribution < 1.29 is 19.7 Å². The molecule has 0 fully saturated rings. The Morgan fingerprint density at radius 1 is 1.86 bits per heavy atom. The summed E-state index contributed by atoms with van der Waals surface area (Å²) in [5.74, 6) is 0. The van der Waals surface area contributed by atoms with E-state index < -0.39 is 0 Å². The minimum atomic E-state index is 0.707. The van der Waals surface area contributed by atoms with E-state index in [4.69, 9.17) is 0 Å². The monoisotopic (exact) mass is 207 g/mol. The standard InChI is InChI=1S/C2H3N3S.Ag/c6-2-3-1-4-5-2;/h1H,(H2,3,4,5,6);/q;+1/p-1. The molecular formula is C2H2AgN3S. The molecule has 0 bridgehead atoms. The van der Waals surface area contributed by atoms with E-state index in [1.807, 2.05) is 0 Å². The quantitative estimate of drug-likeness (QED) is 0.677. The average molecular weight is 208 g/mol. The first-order chi connectivity index (χ1) is 3.43. The summed E-state index contributed by atoms with van der Waals surface area (Å²) in [6, 6.07) is 0. The molecule has 7 heavy (non-hydrogen) atoms. The summed E-state index contributed by atoms with van der Waals surface area (Å²) in [5.41, 5.74) is 0. The molecule has 0 aromatic carbocycles. The first-order valence-electron chi connectivity index (χ1n) is 1.54. The van der Waals surface area contributed by atoms with Crippen LogP contribution in [-0.2, 0) is 19.7 Å². The Hall–Kier alpha value is 0.230. The van der Waals surface area contributed by atoms with Crippen LogP contribution in [0.1, 0.15) is 0 Å². The van der Waals surface area contributed by atoms with E-state index in [9.17, 15) is 0 Å². The summed E-state index contributed by atoms with van der Waals surface area (Å²) >= 11 is 3.12. The molecule has 0 amide bonds. The number of nitrogens with one attached hydrogen (secondary N) is 1. The Morgan fingerprint density at radius 3 is 3.00 bits per heavy atom. The van der Waals surface area contributed by atoms with Crippen LogP contribution in [0, 0.1) is 0 Å². The van der Waals surface area contributed by atoms with Crippen molar-refractivity contribution in [2.24, 2.45) is 0 Å². The van der Waals surface area contributed by atoms with Gasteiger partial charge in [-0.2, -0.15) is 0 Å². The van der Waals surface area contributed by atoms with Crippen LogP contribution in [0.4, 0.5) is 0 Å². The summed E-state index contributed by atoms with van der Waals surface area (Å²) in [7, 11) is 1.33. The van der Waals surface area contributed by atoms with E-state index in [2.05, 4.69) is 34.9 Å². The van der Waals surface area contributed by atoms with Gasteiger partial charge in [-0.15, -0.1) is 0 Å². The van der Waals surface area contributed by atoms with Gasteiger partial charge in [0.05, 0.1) is 0 Å². The number of rotatable bonds is 1. The molecule has 0 aliphatic rings. The van der Waals surface area contributed by atoms with Gasteiger partial charge < -0.3 is 0 Å². The van der Waals surface area contributed by atoms with E-state index in [0.29, 0.717) is 5.16 Å². The first kappa shape index (κ1) is 5.37. The Labute approximate surface area is 55.8 Å². The van der Waals surface area contributed by atoms with Gasteiger partial charge in [0.2, 0.25) is 0 Å². The number of nitrogens with zero attached hydrogens (tertiary/aromatic N) is 2. The fourth-order valence-electron chi connectivity index (χ4n) is 0.227. The number of hydrogen-bond donors (Lipinski definition) is 1. The van der Waals surface area contributed by atoms with Gasteiger partial charge in [-0.1, -0.05) is 0 Å². The fourth-order valence-corrected chi connectivity index (χ4v) is 0.829. The summed E-state index contributed by atoms with van der Waals surface area (Å²) in [6.45, 7) is 0. The van der Waals surface area contributed by atoms with Crippen LogP contribution >= 0.6 is 9.23 Å². The summed E-state index contributed by atoms with van der Waals surface area (Å²) in [6.07, 6.45) is 1.53. The number of H-pyrrole nitrogens is 1. The Bertz CT molecular complexity index is 127. The van der Waals surface area contributed by atoms with Crippen LogP contribution in [0.15, 0.2) is 11.5 Å². The summed E-state index contributed by atoms with van der Waals surface area (Å²) in [4.78, 5) is 3.78. The molecule has 0 saturated heterocycles. The number of hydrogen-bond acceptors (Lipinski definition) is 3. The van der Waals surface area contributed by atoms with Gasteiger partial charge in [-0.05, 0) is 0 Å². The zero-order valence-corrected chi connectivity index (χ0v) is 5.48. The normalized spacial score (nSPS) is 9.43. The molecular weight excluding hydrogens is 206 g/mol. The average Bonchev–Trinajstić information content (AvgIpc) is 2.14. The third-order valence-electron chi connectivity index (χ3n) is 0.448. The van der Waals surface area contributed by atoms with Gasteiger partial charge >= 0.3 is 55.6 Å². The number of aromatic nitrogens is 3. The van der Waals surface area contributed by atoms with Gasteiger partial charge in [-0.3, -0.25) is 0 Å². The Morgan fingerprint density at radius 2 is 2.71 bits per heavy atom. The topological polar surface area (TPSA) is 41.6 Å². The van der Waals surface area contributed by atoms with Crippen LogP contribution in [0.25, 0.3) is 0 Å². The van der Waals surface area contributed by atoms with E-state index in [1.165, 1.54) is 15.6 Å². The fraction of sp³-hybridized carbons (Fsp3) is 0. The Kier molecular flexibility index (Phi) is 1.93.